The number of nitrogens with one attached hydrogen (secondary N) is 2. The molecule has 0 fully saturated rings. The SMILES string of the molecule is O=C(NCc1ccc(C(F)(F)F)nc1)c1nccc2sc(NCc3ccc(C(F)(F)F)nc3)cc12. The number of thiophene rings is 1. The molecule has 0 aliphatic rings. The highest BCUT2D eigenvalue weighted by atomic mass is 32.1. The molecule has 0 unspecified atom stereocenters. The number of fused-ring (bicyclic) bond motifs is 1. The van der Waals surface area contributed by atoms with Gasteiger partial charge in [-0.15, -0.1) is 11.3 Å². The molecule has 13 heteroatoms. The maximum absolute atomic E-state index is 12.7. The number of halogens is 6. The Kier molecular flexibility index (Phi) is 6.61. The molecule has 35 heavy (non-hydrogen) atoms. The fraction of sp³-hybridized carbons (Fsp3) is 0.182. The number of carbonyl (C=O) groups excluding carboxylic acids is 1. The minimum atomic E-state index is -4.55. The van der Waals surface area contributed by atoms with E-state index in [1.165, 1.54) is 29.7 Å². The van der Waals surface area contributed by atoms with Crippen LogP contribution in [0.5, 0.6) is 0 Å². The fourth-order valence-electron chi connectivity index (χ4n) is 3.08. The Bertz CT molecular complexity index is 1330. The topological polar surface area (TPSA) is 79.8 Å². The van der Waals surface area contributed by atoms with E-state index in [2.05, 4.69) is 25.6 Å². The summed E-state index contributed by atoms with van der Waals surface area (Å²) in [6, 6.07) is 7.70. The molecule has 0 spiro atoms. The second-order valence-corrected chi connectivity index (χ2v) is 8.40. The molecule has 0 bridgehead atoms. The van der Waals surface area contributed by atoms with E-state index in [-0.39, 0.29) is 18.8 Å². The van der Waals surface area contributed by atoms with Crippen molar-refractivity contribution in [2.45, 2.75) is 25.4 Å². The highest BCUT2D eigenvalue weighted by Crippen LogP contribution is 2.32. The van der Waals surface area contributed by atoms with Crippen LogP contribution < -0.4 is 10.6 Å². The molecule has 4 aromatic rings. The van der Waals surface area contributed by atoms with Gasteiger partial charge >= 0.3 is 12.4 Å². The van der Waals surface area contributed by atoms with E-state index in [0.29, 0.717) is 21.5 Å². The molecule has 4 rings (SSSR count). The van der Waals surface area contributed by atoms with Crippen LogP contribution >= 0.6 is 11.3 Å². The van der Waals surface area contributed by atoms with Crippen LogP contribution in [0.15, 0.2) is 55.0 Å². The minimum absolute atomic E-state index is 0.0434. The third kappa shape index (κ3) is 5.85. The van der Waals surface area contributed by atoms with Crippen LogP contribution in [0.1, 0.15) is 33.0 Å². The first-order valence-electron chi connectivity index (χ1n) is 9.95. The number of alkyl halides is 6. The first kappa shape index (κ1) is 24.4. The van der Waals surface area contributed by atoms with Crippen molar-refractivity contribution >= 4 is 32.3 Å². The van der Waals surface area contributed by atoms with Crippen LogP contribution in [0.25, 0.3) is 10.1 Å². The summed E-state index contributed by atoms with van der Waals surface area (Å²) in [5.74, 6) is -0.521. The molecule has 182 valence electrons. The summed E-state index contributed by atoms with van der Waals surface area (Å²) in [6.45, 7) is 0.173. The molecule has 4 aromatic heterocycles. The molecule has 0 aliphatic carbocycles. The summed E-state index contributed by atoms with van der Waals surface area (Å²) < 4.78 is 76.6. The maximum Gasteiger partial charge on any atom is 0.433 e. The lowest BCUT2D eigenvalue weighted by Crippen LogP contribution is -2.24. The maximum atomic E-state index is 12.7. The number of nitrogens with zero attached hydrogens (tertiary/aromatic N) is 3. The van der Waals surface area contributed by atoms with Gasteiger partial charge in [0.05, 0.1) is 5.00 Å². The van der Waals surface area contributed by atoms with Crippen LogP contribution in [0, 0.1) is 0 Å². The molecule has 0 saturated heterocycles. The van der Waals surface area contributed by atoms with E-state index < -0.39 is 29.6 Å². The number of hydrogen-bond donors (Lipinski definition) is 2. The Morgan fingerprint density at radius 1 is 0.829 bits per heavy atom. The number of rotatable bonds is 6. The Morgan fingerprint density at radius 3 is 1.97 bits per heavy atom. The van der Waals surface area contributed by atoms with Gasteiger partial charge in [-0.3, -0.25) is 19.7 Å². The predicted molar refractivity (Wildman–Crippen MR) is 117 cm³/mol. The van der Waals surface area contributed by atoms with Crippen molar-refractivity contribution in [1.29, 1.82) is 0 Å². The third-order valence-corrected chi connectivity index (χ3v) is 5.87. The average molecular weight is 511 g/mol. The summed E-state index contributed by atoms with van der Waals surface area (Å²) in [7, 11) is 0. The molecular formula is C22H15F6N5OS. The molecule has 6 nitrogen and oxygen atoms in total. The Morgan fingerprint density at radius 2 is 1.43 bits per heavy atom. The van der Waals surface area contributed by atoms with Crippen molar-refractivity contribution in [3.63, 3.8) is 0 Å². The van der Waals surface area contributed by atoms with Crippen LogP contribution in [0.2, 0.25) is 0 Å². The fourth-order valence-corrected chi connectivity index (χ4v) is 4.03. The van der Waals surface area contributed by atoms with Gasteiger partial charge in [-0.25, -0.2) is 0 Å². The number of carbonyl (C=O) groups is 1. The first-order valence-corrected chi connectivity index (χ1v) is 10.8. The van der Waals surface area contributed by atoms with E-state index in [1.807, 2.05) is 0 Å². The van der Waals surface area contributed by atoms with Crippen LogP contribution in [-0.2, 0) is 25.4 Å². The lowest BCUT2D eigenvalue weighted by molar-refractivity contribution is -0.142. The van der Waals surface area contributed by atoms with Gasteiger partial charge in [0.1, 0.15) is 17.1 Å². The van der Waals surface area contributed by atoms with Gasteiger partial charge in [0, 0.05) is 41.8 Å². The normalized spacial score (nSPS) is 12.1. The molecule has 2 N–H and O–H groups in total. The summed E-state index contributed by atoms with van der Waals surface area (Å²) in [5.41, 5.74) is -0.947. The number of anilines is 1. The van der Waals surface area contributed by atoms with E-state index in [9.17, 15) is 31.1 Å². The van der Waals surface area contributed by atoms with Gasteiger partial charge in [-0.2, -0.15) is 26.3 Å². The van der Waals surface area contributed by atoms with Gasteiger partial charge in [0.25, 0.3) is 5.91 Å². The van der Waals surface area contributed by atoms with Gasteiger partial charge in [0.2, 0.25) is 0 Å². The number of pyridine rings is 3. The molecule has 0 aromatic carbocycles. The average Bonchev–Trinajstić information content (AvgIpc) is 3.24. The second-order valence-electron chi connectivity index (χ2n) is 7.32. The third-order valence-electron chi connectivity index (χ3n) is 4.81. The zero-order valence-corrected chi connectivity index (χ0v) is 18.4. The van der Waals surface area contributed by atoms with Crippen LogP contribution in [-0.4, -0.2) is 20.9 Å². The molecule has 4 heterocycles. The summed E-state index contributed by atoms with van der Waals surface area (Å²) in [6.07, 6.45) is -5.42. The number of aromatic nitrogens is 3. The first-order chi connectivity index (χ1) is 16.5. The zero-order valence-electron chi connectivity index (χ0n) is 17.5. The zero-order chi connectivity index (χ0) is 25.2. The highest BCUT2D eigenvalue weighted by Gasteiger charge is 2.32. The van der Waals surface area contributed by atoms with Gasteiger partial charge < -0.3 is 10.6 Å². The quantitative estimate of drug-likeness (QED) is 0.327. The second kappa shape index (κ2) is 9.49. The van der Waals surface area contributed by atoms with Gasteiger partial charge in [0.15, 0.2) is 0 Å². The molecule has 0 aliphatic heterocycles. The summed E-state index contributed by atoms with van der Waals surface area (Å²) >= 11 is 1.33. The van der Waals surface area contributed by atoms with Crippen molar-refractivity contribution in [3.8, 4) is 0 Å². The highest BCUT2D eigenvalue weighted by molar-refractivity contribution is 7.22. The summed E-state index contributed by atoms with van der Waals surface area (Å²) in [5, 5.41) is 6.91. The molecule has 0 saturated carbocycles. The molecule has 1 amide bonds. The predicted octanol–water partition coefficient (Wildman–Crippen LogP) is 5.67. The van der Waals surface area contributed by atoms with E-state index in [0.717, 1.165) is 29.2 Å². The van der Waals surface area contributed by atoms with Crippen molar-refractivity contribution < 1.29 is 31.1 Å². The van der Waals surface area contributed by atoms with E-state index in [4.69, 9.17) is 0 Å². The van der Waals surface area contributed by atoms with Crippen LogP contribution in [0.4, 0.5) is 31.3 Å². The smallest absolute Gasteiger partial charge is 0.373 e. The summed E-state index contributed by atoms with van der Waals surface area (Å²) in [4.78, 5) is 23.6. The molecule has 0 atom stereocenters. The number of hydrogen-bond acceptors (Lipinski definition) is 6. The monoisotopic (exact) mass is 511 g/mol. The Balaban J connectivity index is 1.42. The van der Waals surface area contributed by atoms with E-state index >= 15 is 0 Å². The minimum Gasteiger partial charge on any atom is -0.373 e. The Hall–Kier alpha value is -3.74. The van der Waals surface area contributed by atoms with Gasteiger partial charge in [-0.1, -0.05) is 12.1 Å². The largest absolute Gasteiger partial charge is 0.433 e. The van der Waals surface area contributed by atoms with Crippen LogP contribution in [0.3, 0.4) is 0 Å². The molecular weight excluding hydrogens is 496 g/mol. The van der Waals surface area contributed by atoms with Crippen molar-refractivity contribution in [3.05, 3.63) is 83.2 Å². The van der Waals surface area contributed by atoms with Crippen molar-refractivity contribution in [2.24, 2.45) is 0 Å². The standard InChI is InChI=1S/C22H15F6N5OS/c23-21(24,25)16-3-1-12(8-30-16)10-32-18-7-14-15(35-18)5-6-29-19(14)20(34)33-11-13-2-4-17(31-9-13)22(26,27)28/h1-9,32H,10-11H2,(H,33,34). The lowest BCUT2D eigenvalue weighted by Gasteiger charge is -2.08. The number of amides is 1. The molecule has 0 radical (unpaired) electrons. The van der Waals surface area contributed by atoms with Crippen molar-refractivity contribution in [2.75, 3.05) is 5.32 Å². The van der Waals surface area contributed by atoms with Gasteiger partial charge in [-0.05, 0) is 35.4 Å². The Labute approximate surface area is 198 Å². The lowest BCUT2D eigenvalue weighted by atomic mass is 10.2. The van der Waals surface area contributed by atoms with Crippen molar-refractivity contribution in [1.82, 2.24) is 20.3 Å². The van der Waals surface area contributed by atoms with E-state index in [1.54, 1.807) is 12.1 Å².